The minimum absolute atomic E-state index is 0.134. The SMILES string of the molecule is CC[Si](CC)(CC)c1ccc(OC)cc1C1=NC(C)(C)CO1. The van der Waals surface area contributed by atoms with E-state index in [-0.39, 0.29) is 5.54 Å². The minimum Gasteiger partial charge on any atom is -0.497 e. The van der Waals surface area contributed by atoms with Gasteiger partial charge in [0.05, 0.1) is 20.7 Å². The van der Waals surface area contributed by atoms with Crippen molar-refractivity contribution in [1.29, 1.82) is 0 Å². The predicted octanol–water partition coefficient (Wildman–Crippen LogP) is 3.97. The topological polar surface area (TPSA) is 30.8 Å². The first-order chi connectivity index (χ1) is 10.4. The summed E-state index contributed by atoms with van der Waals surface area (Å²) in [6.07, 6.45) is 0. The molecule has 0 aliphatic carbocycles. The van der Waals surface area contributed by atoms with Crippen molar-refractivity contribution in [2.45, 2.75) is 58.3 Å². The van der Waals surface area contributed by atoms with Gasteiger partial charge in [-0.05, 0) is 31.2 Å². The molecule has 4 heteroatoms. The van der Waals surface area contributed by atoms with E-state index < -0.39 is 8.07 Å². The smallest absolute Gasteiger partial charge is 0.216 e. The fourth-order valence-corrected chi connectivity index (χ4v) is 7.16. The highest BCUT2D eigenvalue weighted by Gasteiger charge is 2.35. The lowest BCUT2D eigenvalue weighted by atomic mass is 10.1. The zero-order valence-electron chi connectivity index (χ0n) is 14.8. The second-order valence-corrected chi connectivity index (χ2v) is 12.0. The molecule has 2 rings (SSSR count). The number of benzene rings is 1. The first-order valence-corrected chi connectivity index (χ1v) is 10.9. The number of hydrogen-bond donors (Lipinski definition) is 0. The van der Waals surface area contributed by atoms with Gasteiger partial charge in [0.1, 0.15) is 12.4 Å². The van der Waals surface area contributed by atoms with Crippen LogP contribution in [-0.2, 0) is 4.74 Å². The first kappa shape index (κ1) is 17.1. The van der Waals surface area contributed by atoms with Gasteiger partial charge in [-0.25, -0.2) is 4.99 Å². The highest BCUT2D eigenvalue weighted by atomic mass is 28.3. The average Bonchev–Trinajstić information content (AvgIpc) is 2.90. The Balaban J connectivity index is 2.60. The van der Waals surface area contributed by atoms with Crippen LogP contribution in [0.25, 0.3) is 0 Å². The summed E-state index contributed by atoms with van der Waals surface area (Å²) >= 11 is 0. The third-order valence-corrected chi connectivity index (χ3v) is 10.7. The number of rotatable bonds is 6. The highest BCUT2D eigenvalue weighted by Crippen LogP contribution is 2.27. The van der Waals surface area contributed by atoms with Crippen LogP contribution in [0, 0.1) is 0 Å². The first-order valence-electron chi connectivity index (χ1n) is 8.33. The second-order valence-electron chi connectivity index (χ2n) is 6.77. The number of aliphatic imine (C=N–C) groups is 1. The summed E-state index contributed by atoms with van der Waals surface area (Å²) in [5.41, 5.74) is 1.02. The maximum atomic E-state index is 5.94. The van der Waals surface area contributed by atoms with Gasteiger partial charge < -0.3 is 9.47 Å². The molecule has 0 saturated carbocycles. The summed E-state index contributed by atoms with van der Waals surface area (Å²) in [6.45, 7) is 11.9. The zero-order chi connectivity index (χ0) is 16.4. The van der Waals surface area contributed by atoms with Gasteiger partial charge in [0.2, 0.25) is 5.90 Å². The van der Waals surface area contributed by atoms with Crippen molar-refractivity contribution in [3.05, 3.63) is 23.8 Å². The Hall–Kier alpha value is -1.29. The summed E-state index contributed by atoms with van der Waals surface area (Å²) in [7, 11) is 0.208. The van der Waals surface area contributed by atoms with E-state index in [9.17, 15) is 0 Å². The summed E-state index contributed by atoms with van der Waals surface area (Å²) in [5.74, 6) is 1.67. The van der Waals surface area contributed by atoms with Crippen molar-refractivity contribution >= 4 is 19.2 Å². The molecule has 1 aliphatic rings. The highest BCUT2D eigenvalue weighted by molar-refractivity contribution is 6.92. The molecule has 0 bridgehead atoms. The molecule has 0 N–H and O–H groups in total. The third kappa shape index (κ3) is 3.07. The second kappa shape index (κ2) is 6.45. The summed E-state index contributed by atoms with van der Waals surface area (Å²) in [4.78, 5) is 4.80. The van der Waals surface area contributed by atoms with Gasteiger partial charge in [0.25, 0.3) is 0 Å². The maximum Gasteiger partial charge on any atom is 0.216 e. The van der Waals surface area contributed by atoms with E-state index in [0.29, 0.717) is 6.61 Å². The Kier molecular flexibility index (Phi) is 5.00. The summed E-state index contributed by atoms with van der Waals surface area (Å²) < 4.78 is 11.4. The van der Waals surface area contributed by atoms with Crippen molar-refractivity contribution in [1.82, 2.24) is 0 Å². The lowest BCUT2D eigenvalue weighted by Gasteiger charge is -2.31. The summed E-state index contributed by atoms with van der Waals surface area (Å²) in [5, 5.41) is 1.47. The van der Waals surface area contributed by atoms with E-state index in [1.807, 2.05) is 0 Å². The Morgan fingerprint density at radius 1 is 1.18 bits per heavy atom. The normalized spacial score (nSPS) is 17.1. The summed E-state index contributed by atoms with van der Waals surface area (Å²) in [6, 6.07) is 10.2. The molecule has 22 heavy (non-hydrogen) atoms. The van der Waals surface area contributed by atoms with Gasteiger partial charge in [-0.1, -0.05) is 45.0 Å². The van der Waals surface area contributed by atoms with Crippen LogP contribution in [0.15, 0.2) is 23.2 Å². The Morgan fingerprint density at radius 2 is 1.82 bits per heavy atom. The van der Waals surface area contributed by atoms with Crippen LogP contribution in [0.2, 0.25) is 18.1 Å². The van der Waals surface area contributed by atoms with Gasteiger partial charge in [-0.15, -0.1) is 0 Å². The molecule has 1 aliphatic heterocycles. The molecule has 0 aromatic heterocycles. The molecule has 1 aromatic carbocycles. The third-order valence-electron chi connectivity index (χ3n) is 5.03. The molecule has 0 saturated heterocycles. The monoisotopic (exact) mass is 319 g/mol. The van der Waals surface area contributed by atoms with Crippen molar-refractivity contribution in [2.24, 2.45) is 4.99 Å². The van der Waals surface area contributed by atoms with Crippen LogP contribution in [0.1, 0.15) is 40.2 Å². The predicted molar refractivity (Wildman–Crippen MR) is 96.4 cm³/mol. The van der Waals surface area contributed by atoms with Gasteiger partial charge in [0.15, 0.2) is 0 Å². The largest absolute Gasteiger partial charge is 0.497 e. The van der Waals surface area contributed by atoms with Gasteiger partial charge in [0, 0.05) is 5.56 Å². The molecular weight excluding hydrogens is 290 g/mol. The van der Waals surface area contributed by atoms with E-state index in [4.69, 9.17) is 14.5 Å². The molecule has 0 amide bonds. The number of ether oxygens (including phenoxy) is 2. The molecule has 1 aromatic rings. The van der Waals surface area contributed by atoms with Crippen LogP contribution in [-0.4, -0.2) is 33.2 Å². The average molecular weight is 320 g/mol. The van der Waals surface area contributed by atoms with Gasteiger partial charge in [-0.3, -0.25) is 0 Å². The van der Waals surface area contributed by atoms with E-state index in [2.05, 4.69) is 52.8 Å². The molecule has 0 unspecified atom stereocenters. The Labute approximate surface area is 135 Å². The van der Waals surface area contributed by atoms with Crippen LogP contribution >= 0.6 is 0 Å². The number of methoxy groups -OCH3 is 1. The quantitative estimate of drug-likeness (QED) is 0.743. The lowest BCUT2D eigenvalue weighted by molar-refractivity contribution is 0.279. The fraction of sp³-hybridized carbons (Fsp3) is 0.611. The number of hydrogen-bond acceptors (Lipinski definition) is 3. The molecule has 122 valence electrons. The minimum atomic E-state index is -1.50. The van der Waals surface area contributed by atoms with Crippen LogP contribution < -0.4 is 9.92 Å². The van der Waals surface area contributed by atoms with E-state index in [1.54, 1.807) is 7.11 Å². The van der Waals surface area contributed by atoms with E-state index in [0.717, 1.165) is 17.2 Å². The van der Waals surface area contributed by atoms with Crippen molar-refractivity contribution in [3.8, 4) is 5.75 Å². The van der Waals surface area contributed by atoms with Crippen LogP contribution in [0.5, 0.6) is 5.75 Å². The molecule has 0 spiro atoms. The van der Waals surface area contributed by atoms with E-state index in [1.165, 1.54) is 23.3 Å². The van der Waals surface area contributed by atoms with Crippen molar-refractivity contribution < 1.29 is 9.47 Å². The lowest BCUT2D eigenvalue weighted by Crippen LogP contribution is -2.48. The maximum absolute atomic E-state index is 5.94. The Bertz CT molecular complexity index is 554. The molecular formula is C18H29NO2Si. The van der Waals surface area contributed by atoms with Crippen molar-refractivity contribution in [2.75, 3.05) is 13.7 Å². The van der Waals surface area contributed by atoms with E-state index >= 15 is 0 Å². The molecule has 0 fully saturated rings. The Morgan fingerprint density at radius 3 is 2.27 bits per heavy atom. The zero-order valence-corrected chi connectivity index (χ0v) is 15.8. The molecule has 1 heterocycles. The molecule has 0 atom stereocenters. The van der Waals surface area contributed by atoms with Crippen molar-refractivity contribution in [3.63, 3.8) is 0 Å². The van der Waals surface area contributed by atoms with Gasteiger partial charge >= 0.3 is 0 Å². The standard InChI is InChI=1S/C18H29NO2Si/c1-7-22(8-2,9-3)16-11-10-14(20-6)12-15(16)17-19-18(4,5)13-21-17/h10-12H,7-9,13H2,1-6H3. The molecule has 3 nitrogen and oxygen atoms in total. The number of nitrogens with zero attached hydrogens (tertiary/aromatic N) is 1. The molecule has 0 radical (unpaired) electrons. The van der Waals surface area contributed by atoms with Crippen LogP contribution in [0.4, 0.5) is 0 Å². The van der Waals surface area contributed by atoms with Crippen LogP contribution in [0.3, 0.4) is 0 Å². The fourth-order valence-electron chi connectivity index (χ4n) is 3.33. The van der Waals surface area contributed by atoms with Gasteiger partial charge in [-0.2, -0.15) is 0 Å².